The van der Waals surface area contributed by atoms with Crippen LogP contribution in [0.1, 0.15) is 36.8 Å². The zero-order valence-electron chi connectivity index (χ0n) is 13.9. The molecule has 5 rings (SSSR count). The number of nitrogens with zero attached hydrogens (tertiary/aromatic N) is 4. The second-order valence-corrected chi connectivity index (χ2v) is 7.15. The zero-order valence-corrected chi connectivity index (χ0v) is 13.9. The highest BCUT2D eigenvalue weighted by molar-refractivity contribution is 5.86. The van der Waals surface area contributed by atoms with Gasteiger partial charge in [-0.25, -0.2) is 9.67 Å². The summed E-state index contributed by atoms with van der Waals surface area (Å²) in [6.07, 6.45) is 5.58. The van der Waals surface area contributed by atoms with Crippen molar-refractivity contribution in [2.24, 2.45) is 5.41 Å². The highest BCUT2D eigenvalue weighted by Crippen LogP contribution is 2.64. The fourth-order valence-electron chi connectivity index (χ4n) is 4.28. The Morgan fingerprint density at radius 1 is 1.17 bits per heavy atom. The molecule has 1 saturated carbocycles. The molecule has 3 heterocycles. The van der Waals surface area contributed by atoms with Crippen LogP contribution in [-0.2, 0) is 0 Å². The molecule has 2 fully saturated rings. The van der Waals surface area contributed by atoms with Crippen LogP contribution < -0.4 is 5.32 Å². The normalized spacial score (nSPS) is 22.1. The number of nitrogens with one attached hydrogen (secondary N) is 1. The van der Waals surface area contributed by atoms with Gasteiger partial charge in [-0.15, -0.1) is 0 Å². The Bertz CT molecular complexity index is 902. The fraction of sp³-hybridized carbons (Fsp3) is 0.421. The first-order valence-corrected chi connectivity index (χ1v) is 8.75. The lowest BCUT2D eigenvalue weighted by atomic mass is 9.92. The molecule has 3 aromatic rings. The number of piperidine rings is 1. The van der Waals surface area contributed by atoms with Crippen LogP contribution in [0.3, 0.4) is 0 Å². The smallest absolute Gasteiger partial charge is 0.148 e. The van der Waals surface area contributed by atoms with Gasteiger partial charge in [0, 0.05) is 17.5 Å². The van der Waals surface area contributed by atoms with Crippen LogP contribution in [0.25, 0.3) is 16.6 Å². The predicted octanol–water partition coefficient (Wildman–Crippen LogP) is 2.98. The molecule has 24 heavy (non-hydrogen) atoms. The predicted molar refractivity (Wildman–Crippen MR) is 93.3 cm³/mol. The number of rotatable bonds is 2. The SMILES string of the molecule is Cc1nc(C2CC23CCNCC3)n(-c2cccc3cccnc23)n1. The van der Waals surface area contributed by atoms with E-state index in [9.17, 15) is 0 Å². The minimum Gasteiger partial charge on any atom is -0.317 e. The molecule has 1 aromatic carbocycles. The second-order valence-electron chi connectivity index (χ2n) is 7.15. The van der Waals surface area contributed by atoms with Crippen molar-refractivity contribution >= 4 is 10.9 Å². The van der Waals surface area contributed by atoms with E-state index in [1.54, 1.807) is 0 Å². The zero-order chi connectivity index (χ0) is 16.1. The van der Waals surface area contributed by atoms with Crippen molar-refractivity contribution in [2.45, 2.75) is 32.1 Å². The third kappa shape index (κ3) is 2.08. The Balaban J connectivity index is 1.62. The van der Waals surface area contributed by atoms with Gasteiger partial charge in [0.2, 0.25) is 0 Å². The summed E-state index contributed by atoms with van der Waals surface area (Å²) in [4.78, 5) is 9.40. The molecule has 1 spiro atoms. The quantitative estimate of drug-likeness (QED) is 0.789. The molecule has 2 aromatic heterocycles. The van der Waals surface area contributed by atoms with Crippen LogP contribution in [0.15, 0.2) is 36.5 Å². The van der Waals surface area contributed by atoms with E-state index < -0.39 is 0 Å². The van der Waals surface area contributed by atoms with Gasteiger partial charge < -0.3 is 5.32 Å². The van der Waals surface area contributed by atoms with Gasteiger partial charge in [0.1, 0.15) is 11.6 Å². The van der Waals surface area contributed by atoms with E-state index in [2.05, 4.69) is 34.6 Å². The maximum Gasteiger partial charge on any atom is 0.148 e. The summed E-state index contributed by atoms with van der Waals surface area (Å²) in [5.41, 5.74) is 2.48. The van der Waals surface area contributed by atoms with E-state index in [1.165, 1.54) is 19.3 Å². The van der Waals surface area contributed by atoms with E-state index in [4.69, 9.17) is 10.1 Å². The number of aryl methyl sites for hydroxylation is 1. The van der Waals surface area contributed by atoms with Gasteiger partial charge in [-0.2, -0.15) is 5.10 Å². The lowest BCUT2D eigenvalue weighted by Crippen LogP contribution is -2.29. The fourth-order valence-corrected chi connectivity index (χ4v) is 4.28. The molecule has 1 unspecified atom stereocenters. The average Bonchev–Trinajstić information content (AvgIpc) is 3.15. The van der Waals surface area contributed by atoms with Crippen molar-refractivity contribution in [3.8, 4) is 5.69 Å². The van der Waals surface area contributed by atoms with Gasteiger partial charge in [0.15, 0.2) is 0 Å². The molecule has 122 valence electrons. The molecule has 5 nitrogen and oxygen atoms in total. The summed E-state index contributed by atoms with van der Waals surface area (Å²) >= 11 is 0. The van der Waals surface area contributed by atoms with Crippen molar-refractivity contribution in [3.05, 3.63) is 48.2 Å². The minimum atomic E-state index is 0.445. The Morgan fingerprint density at radius 2 is 2.00 bits per heavy atom. The van der Waals surface area contributed by atoms with Crippen LogP contribution in [0.4, 0.5) is 0 Å². The summed E-state index contributed by atoms with van der Waals surface area (Å²) in [6, 6.07) is 10.4. The number of hydrogen-bond donors (Lipinski definition) is 1. The lowest BCUT2D eigenvalue weighted by molar-refractivity contribution is 0.339. The summed E-state index contributed by atoms with van der Waals surface area (Å²) in [6.45, 7) is 4.23. The van der Waals surface area contributed by atoms with Crippen molar-refractivity contribution in [1.82, 2.24) is 25.1 Å². The first-order valence-electron chi connectivity index (χ1n) is 8.75. The van der Waals surface area contributed by atoms with Crippen LogP contribution in [0.2, 0.25) is 0 Å². The summed E-state index contributed by atoms with van der Waals surface area (Å²) < 4.78 is 2.05. The van der Waals surface area contributed by atoms with Gasteiger partial charge in [-0.3, -0.25) is 4.98 Å². The molecule has 0 radical (unpaired) electrons. The number of hydrogen-bond acceptors (Lipinski definition) is 4. The largest absolute Gasteiger partial charge is 0.317 e. The Hall–Kier alpha value is -2.27. The highest BCUT2D eigenvalue weighted by Gasteiger charge is 2.56. The van der Waals surface area contributed by atoms with Crippen LogP contribution >= 0.6 is 0 Å². The first-order chi connectivity index (χ1) is 11.8. The van der Waals surface area contributed by atoms with Gasteiger partial charge in [-0.05, 0) is 56.8 Å². The maximum absolute atomic E-state index is 4.81. The van der Waals surface area contributed by atoms with E-state index in [1.807, 2.05) is 23.9 Å². The Kier molecular flexibility index (Phi) is 3.00. The van der Waals surface area contributed by atoms with Crippen molar-refractivity contribution in [3.63, 3.8) is 0 Å². The van der Waals surface area contributed by atoms with Gasteiger partial charge in [-0.1, -0.05) is 18.2 Å². The number of pyridine rings is 1. The number of aromatic nitrogens is 4. The number of fused-ring (bicyclic) bond motifs is 1. The molecule has 1 aliphatic carbocycles. The molecular weight excluding hydrogens is 298 g/mol. The van der Waals surface area contributed by atoms with Crippen molar-refractivity contribution < 1.29 is 0 Å². The van der Waals surface area contributed by atoms with Gasteiger partial charge in [0.25, 0.3) is 0 Å². The maximum atomic E-state index is 4.81. The minimum absolute atomic E-state index is 0.445. The van der Waals surface area contributed by atoms with E-state index in [0.717, 1.165) is 41.3 Å². The van der Waals surface area contributed by atoms with Crippen molar-refractivity contribution in [2.75, 3.05) is 13.1 Å². The van der Waals surface area contributed by atoms with Crippen LogP contribution in [0.5, 0.6) is 0 Å². The first kappa shape index (κ1) is 14.1. The molecule has 5 heteroatoms. The number of benzene rings is 1. The van der Waals surface area contributed by atoms with E-state index in [0.29, 0.717) is 11.3 Å². The highest BCUT2D eigenvalue weighted by atomic mass is 15.4. The summed E-state index contributed by atoms with van der Waals surface area (Å²) in [5.74, 6) is 2.49. The van der Waals surface area contributed by atoms with Crippen LogP contribution in [-0.4, -0.2) is 32.8 Å². The van der Waals surface area contributed by atoms with E-state index in [-0.39, 0.29) is 0 Å². The van der Waals surface area contributed by atoms with E-state index >= 15 is 0 Å². The van der Waals surface area contributed by atoms with Gasteiger partial charge in [0.05, 0.1) is 11.2 Å². The van der Waals surface area contributed by atoms with Crippen LogP contribution in [0, 0.1) is 12.3 Å². The third-order valence-corrected chi connectivity index (χ3v) is 5.68. The lowest BCUT2D eigenvalue weighted by Gasteiger charge is -2.23. The monoisotopic (exact) mass is 319 g/mol. The summed E-state index contributed by atoms with van der Waals surface area (Å²) in [7, 11) is 0. The average molecular weight is 319 g/mol. The second kappa shape index (κ2) is 5.11. The topological polar surface area (TPSA) is 55.6 Å². The standard InChI is InChI=1S/C19H21N5/c1-13-22-18(15-12-19(15)7-10-20-11-8-19)24(23-13)16-6-2-4-14-5-3-9-21-17(14)16/h2-6,9,15,20H,7-8,10-12H2,1H3. The van der Waals surface area contributed by atoms with Gasteiger partial charge >= 0.3 is 0 Å². The molecule has 0 bridgehead atoms. The molecule has 2 aliphatic rings. The Labute approximate surface area is 141 Å². The van der Waals surface area contributed by atoms with Crippen molar-refractivity contribution in [1.29, 1.82) is 0 Å². The summed E-state index contributed by atoms with van der Waals surface area (Å²) in [5, 5.41) is 9.34. The molecule has 1 saturated heterocycles. The number of para-hydroxylation sites is 1. The molecular formula is C19H21N5. The molecule has 1 atom stereocenters. The third-order valence-electron chi connectivity index (χ3n) is 5.68. The Morgan fingerprint density at radius 3 is 2.88 bits per heavy atom. The molecule has 1 N–H and O–H groups in total. The molecule has 1 aliphatic heterocycles. The molecule has 0 amide bonds.